The van der Waals surface area contributed by atoms with E-state index in [-0.39, 0.29) is 5.91 Å². The second-order valence-corrected chi connectivity index (χ2v) is 10.5. The van der Waals surface area contributed by atoms with Gasteiger partial charge >= 0.3 is 0 Å². The zero-order chi connectivity index (χ0) is 26.6. The Morgan fingerprint density at radius 3 is 2.34 bits per heavy atom. The van der Waals surface area contributed by atoms with Gasteiger partial charge in [-0.15, -0.1) is 0 Å². The fraction of sp³-hybridized carbons (Fsp3) is 0.367. The molecule has 3 aromatic rings. The SMILES string of the molecule is Cc1cc(C)c(C(=O)N2CCN(c3ncccc3Cl)CC2)cc1CN1CCN(c2ccccc2C#N)CC1. The maximum atomic E-state index is 13.6. The highest BCUT2D eigenvalue weighted by molar-refractivity contribution is 6.32. The van der Waals surface area contributed by atoms with Gasteiger partial charge in [-0.1, -0.05) is 29.8 Å². The maximum absolute atomic E-state index is 13.6. The third kappa shape index (κ3) is 5.47. The molecule has 7 nitrogen and oxygen atoms in total. The van der Waals surface area contributed by atoms with Crippen LogP contribution in [0.15, 0.2) is 54.7 Å². The number of anilines is 2. The molecule has 3 heterocycles. The Morgan fingerprint density at radius 1 is 0.921 bits per heavy atom. The summed E-state index contributed by atoms with van der Waals surface area (Å²) in [6.45, 7) is 11.2. The number of pyridine rings is 1. The third-order valence-corrected chi connectivity index (χ3v) is 7.95. The molecule has 1 amide bonds. The lowest BCUT2D eigenvalue weighted by atomic mass is 9.98. The average molecular weight is 529 g/mol. The first-order valence-corrected chi connectivity index (χ1v) is 13.5. The number of rotatable bonds is 5. The first-order valence-electron chi connectivity index (χ1n) is 13.2. The summed E-state index contributed by atoms with van der Waals surface area (Å²) in [6, 6.07) is 18.0. The van der Waals surface area contributed by atoms with E-state index < -0.39 is 0 Å². The Labute approximate surface area is 229 Å². The minimum atomic E-state index is 0.0912. The molecule has 2 aliphatic heterocycles. The van der Waals surface area contributed by atoms with E-state index in [9.17, 15) is 10.1 Å². The van der Waals surface area contributed by atoms with Gasteiger partial charge in [-0.2, -0.15) is 5.26 Å². The van der Waals surface area contributed by atoms with Crippen LogP contribution in [0.1, 0.15) is 32.6 Å². The number of nitriles is 1. The zero-order valence-electron chi connectivity index (χ0n) is 22.0. The number of halogens is 1. The van der Waals surface area contributed by atoms with Gasteiger partial charge in [0, 0.05) is 70.7 Å². The van der Waals surface area contributed by atoms with Crippen molar-refractivity contribution in [2.24, 2.45) is 0 Å². The van der Waals surface area contributed by atoms with Crippen LogP contribution in [-0.4, -0.2) is 73.0 Å². The van der Waals surface area contributed by atoms with E-state index in [0.717, 1.165) is 60.9 Å². The highest BCUT2D eigenvalue weighted by atomic mass is 35.5. The molecule has 0 spiro atoms. The summed E-state index contributed by atoms with van der Waals surface area (Å²) in [4.78, 5) is 26.8. The molecule has 5 rings (SSSR count). The number of carbonyl (C=O) groups excluding carboxylic acids is 1. The van der Waals surface area contributed by atoms with Crippen LogP contribution in [0.5, 0.6) is 0 Å². The first kappa shape index (κ1) is 26.0. The molecule has 2 saturated heterocycles. The monoisotopic (exact) mass is 528 g/mol. The molecule has 0 bridgehead atoms. The van der Waals surface area contributed by atoms with Crippen molar-refractivity contribution >= 4 is 29.0 Å². The Hall–Kier alpha value is -3.60. The molecule has 8 heteroatoms. The summed E-state index contributed by atoms with van der Waals surface area (Å²) in [5.74, 6) is 0.875. The van der Waals surface area contributed by atoms with Gasteiger partial charge in [0.1, 0.15) is 11.9 Å². The average Bonchev–Trinajstić information content (AvgIpc) is 2.95. The van der Waals surface area contributed by atoms with E-state index in [4.69, 9.17) is 11.6 Å². The molecule has 0 unspecified atom stereocenters. The molecule has 0 atom stereocenters. The molecule has 38 heavy (non-hydrogen) atoms. The van der Waals surface area contributed by atoms with E-state index in [1.54, 1.807) is 6.20 Å². The smallest absolute Gasteiger partial charge is 0.254 e. The summed E-state index contributed by atoms with van der Waals surface area (Å²) in [7, 11) is 0. The van der Waals surface area contributed by atoms with Crippen molar-refractivity contribution in [3.8, 4) is 6.07 Å². The highest BCUT2D eigenvalue weighted by Crippen LogP contribution is 2.26. The standard InChI is InChI=1S/C30H33ClN6O/c1-22-18-23(2)26(30(38)37-16-14-36(15-17-37)29-27(31)7-5-9-33-29)19-25(22)21-34-10-12-35(13-11-34)28-8-4-3-6-24(28)20-32/h3-9,18-19H,10-17,21H2,1-2H3. The van der Waals surface area contributed by atoms with Gasteiger partial charge in [-0.3, -0.25) is 9.69 Å². The molecule has 2 fully saturated rings. The van der Waals surface area contributed by atoms with Crippen molar-refractivity contribution < 1.29 is 4.79 Å². The minimum absolute atomic E-state index is 0.0912. The Morgan fingerprint density at radius 2 is 1.63 bits per heavy atom. The number of aromatic nitrogens is 1. The van der Waals surface area contributed by atoms with Crippen LogP contribution < -0.4 is 9.80 Å². The molecule has 0 N–H and O–H groups in total. The van der Waals surface area contributed by atoms with E-state index in [1.165, 1.54) is 11.1 Å². The summed E-state index contributed by atoms with van der Waals surface area (Å²) in [6.07, 6.45) is 1.75. The number of hydrogen-bond acceptors (Lipinski definition) is 6. The van der Waals surface area contributed by atoms with E-state index in [2.05, 4.69) is 44.8 Å². The highest BCUT2D eigenvalue weighted by Gasteiger charge is 2.26. The van der Waals surface area contributed by atoms with Gasteiger partial charge in [0.2, 0.25) is 0 Å². The molecule has 1 aromatic heterocycles. The normalized spacial score (nSPS) is 16.4. The van der Waals surface area contributed by atoms with Crippen LogP contribution in [0.2, 0.25) is 5.02 Å². The van der Waals surface area contributed by atoms with Crippen molar-refractivity contribution in [2.75, 3.05) is 62.2 Å². The van der Waals surface area contributed by atoms with E-state index in [1.807, 2.05) is 48.2 Å². The topological polar surface area (TPSA) is 66.7 Å². The van der Waals surface area contributed by atoms with Crippen LogP contribution >= 0.6 is 11.6 Å². The number of piperazine rings is 2. The van der Waals surface area contributed by atoms with Crippen LogP contribution in [0.25, 0.3) is 0 Å². The van der Waals surface area contributed by atoms with Crippen LogP contribution in [0.4, 0.5) is 11.5 Å². The number of nitrogens with zero attached hydrogens (tertiary/aromatic N) is 6. The summed E-state index contributed by atoms with van der Waals surface area (Å²) in [5.41, 5.74) is 5.96. The fourth-order valence-corrected chi connectivity index (χ4v) is 5.67. The molecular formula is C30H33ClN6O. The lowest BCUT2D eigenvalue weighted by Gasteiger charge is -2.37. The van der Waals surface area contributed by atoms with Crippen LogP contribution in [-0.2, 0) is 6.54 Å². The van der Waals surface area contributed by atoms with Crippen molar-refractivity contribution in [1.29, 1.82) is 5.26 Å². The Bertz CT molecular complexity index is 1350. The number of hydrogen-bond donors (Lipinski definition) is 0. The van der Waals surface area contributed by atoms with E-state index in [0.29, 0.717) is 31.2 Å². The number of para-hydroxylation sites is 1. The van der Waals surface area contributed by atoms with Crippen molar-refractivity contribution in [3.05, 3.63) is 87.6 Å². The van der Waals surface area contributed by atoms with Gasteiger partial charge in [-0.25, -0.2) is 4.98 Å². The summed E-state index contributed by atoms with van der Waals surface area (Å²) >= 11 is 6.33. The largest absolute Gasteiger partial charge is 0.368 e. The van der Waals surface area contributed by atoms with Gasteiger partial charge < -0.3 is 14.7 Å². The minimum Gasteiger partial charge on any atom is -0.368 e. The predicted octanol–water partition coefficient (Wildman–Crippen LogP) is 4.51. The second-order valence-electron chi connectivity index (χ2n) is 10.1. The first-order chi connectivity index (χ1) is 18.4. The van der Waals surface area contributed by atoms with Crippen LogP contribution in [0, 0.1) is 25.2 Å². The number of benzene rings is 2. The molecule has 2 aliphatic rings. The van der Waals surface area contributed by atoms with Gasteiger partial charge in [0.15, 0.2) is 0 Å². The molecule has 0 aliphatic carbocycles. The molecule has 0 radical (unpaired) electrons. The van der Waals surface area contributed by atoms with Crippen molar-refractivity contribution in [1.82, 2.24) is 14.8 Å². The Kier molecular flexibility index (Phi) is 7.82. The van der Waals surface area contributed by atoms with Crippen molar-refractivity contribution in [3.63, 3.8) is 0 Å². The number of carbonyl (C=O) groups is 1. The van der Waals surface area contributed by atoms with Crippen molar-refractivity contribution in [2.45, 2.75) is 20.4 Å². The second kappa shape index (κ2) is 11.4. The maximum Gasteiger partial charge on any atom is 0.254 e. The third-order valence-electron chi connectivity index (χ3n) is 7.65. The van der Waals surface area contributed by atoms with Crippen LogP contribution in [0.3, 0.4) is 0 Å². The zero-order valence-corrected chi connectivity index (χ0v) is 22.8. The molecule has 0 saturated carbocycles. The van der Waals surface area contributed by atoms with Gasteiger partial charge in [0.05, 0.1) is 16.3 Å². The van der Waals surface area contributed by atoms with E-state index >= 15 is 0 Å². The Balaban J connectivity index is 1.23. The summed E-state index contributed by atoms with van der Waals surface area (Å²) in [5, 5.41) is 10.1. The molecule has 2 aromatic carbocycles. The number of aryl methyl sites for hydroxylation is 2. The van der Waals surface area contributed by atoms with Gasteiger partial charge in [-0.05, 0) is 60.9 Å². The fourth-order valence-electron chi connectivity index (χ4n) is 5.43. The summed E-state index contributed by atoms with van der Waals surface area (Å²) < 4.78 is 0. The number of amides is 1. The predicted molar refractivity (Wildman–Crippen MR) is 152 cm³/mol. The molecular weight excluding hydrogens is 496 g/mol. The lowest BCUT2D eigenvalue weighted by Crippen LogP contribution is -2.49. The quantitative estimate of drug-likeness (QED) is 0.485. The lowest BCUT2D eigenvalue weighted by molar-refractivity contribution is 0.0745. The van der Waals surface area contributed by atoms with Gasteiger partial charge in [0.25, 0.3) is 5.91 Å². The molecule has 196 valence electrons.